The molecule has 0 saturated carbocycles. The summed E-state index contributed by atoms with van der Waals surface area (Å²) in [7, 11) is 0. The van der Waals surface area contributed by atoms with E-state index in [-0.39, 0.29) is 12.0 Å². The average molecular weight is 294 g/mol. The molecule has 0 bridgehead atoms. The van der Waals surface area contributed by atoms with Crippen molar-refractivity contribution in [3.63, 3.8) is 0 Å². The minimum atomic E-state index is 0.0804. The fourth-order valence-corrected chi connectivity index (χ4v) is 2.44. The van der Waals surface area contributed by atoms with Gasteiger partial charge in [-0.3, -0.25) is 0 Å². The van der Waals surface area contributed by atoms with Crippen LogP contribution in [0.15, 0.2) is 48.5 Å². The van der Waals surface area contributed by atoms with Crippen LogP contribution in [0.4, 0.5) is 0 Å². The molecule has 0 heterocycles. The molecular weight excluding hydrogens is 277 g/mol. The largest absolute Gasteiger partial charge is 0.327 e. The third-order valence-electron chi connectivity index (χ3n) is 3.30. The number of nitrogens with two attached hydrogens (primary N) is 1. The molecule has 0 amide bonds. The summed E-state index contributed by atoms with van der Waals surface area (Å²) in [6.07, 6.45) is 0.899. The molecular formula is C16H17Cl2N. The summed E-state index contributed by atoms with van der Waals surface area (Å²) >= 11 is 11.8. The van der Waals surface area contributed by atoms with Crippen LogP contribution in [0.25, 0.3) is 0 Å². The lowest BCUT2D eigenvalue weighted by Gasteiger charge is -2.21. The zero-order valence-electron chi connectivity index (χ0n) is 10.8. The lowest BCUT2D eigenvalue weighted by Crippen LogP contribution is -2.26. The third kappa shape index (κ3) is 3.97. The third-order valence-corrected chi connectivity index (χ3v) is 3.81. The quantitative estimate of drug-likeness (QED) is 0.871. The fraction of sp³-hybridized carbons (Fsp3) is 0.250. The zero-order valence-corrected chi connectivity index (χ0v) is 12.3. The molecule has 0 aromatic heterocycles. The van der Waals surface area contributed by atoms with E-state index in [1.807, 2.05) is 55.5 Å². The van der Waals surface area contributed by atoms with Crippen LogP contribution >= 0.6 is 23.2 Å². The van der Waals surface area contributed by atoms with Gasteiger partial charge in [-0.15, -0.1) is 0 Å². The fourth-order valence-electron chi connectivity index (χ4n) is 2.19. The van der Waals surface area contributed by atoms with E-state index >= 15 is 0 Å². The molecule has 0 saturated heterocycles. The van der Waals surface area contributed by atoms with E-state index in [2.05, 4.69) is 0 Å². The molecule has 0 aliphatic rings. The standard InChI is InChI=1S/C16H17Cl2N/c1-11(19)16(13-4-8-15(18)9-5-13)10-12-2-6-14(17)7-3-12/h2-9,11,16H,10,19H2,1H3/t11-,16-/m1/s1. The van der Waals surface area contributed by atoms with Crippen LogP contribution in [0.3, 0.4) is 0 Å². The minimum absolute atomic E-state index is 0.0804. The van der Waals surface area contributed by atoms with Crippen LogP contribution in [0.1, 0.15) is 24.0 Å². The summed E-state index contributed by atoms with van der Waals surface area (Å²) < 4.78 is 0. The van der Waals surface area contributed by atoms with E-state index < -0.39 is 0 Å². The molecule has 2 atom stereocenters. The molecule has 3 heteroatoms. The molecule has 2 N–H and O–H groups in total. The molecule has 0 radical (unpaired) electrons. The van der Waals surface area contributed by atoms with Crippen LogP contribution in [0.2, 0.25) is 10.0 Å². The Morgan fingerprint density at radius 2 is 1.37 bits per heavy atom. The second-order valence-corrected chi connectivity index (χ2v) is 5.72. The summed E-state index contributed by atoms with van der Waals surface area (Å²) in [5, 5.41) is 1.51. The molecule has 1 nitrogen and oxygen atoms in total. The smallest absolute Gasteiger partial charge is 0.0406 e. The molecule has 2 aromatic carbocycles. The molecule has 0 aliphatic carbocycles. The van der Waals surface area contributed by atoms with Crippen molar-refractivity contribution in [2.75, 3.05) is 0 Å². The van der Waals surface area contributed by atoms with Crippen LogP contribution in [-0.4, -0.2) is 6.04 Å². The van der Waals surface area contributed by atoms with Crippen LogP contribution in [0, 0.1) is 0 Å². The van der Waals surface area contributed by atoms with Gasteiger partial charge in [-0.1, -0.05) is 47.5 Å². The van der Waals surface area contributed by atoms with Crippen molar-refractivity contribution in [2.24, 2.45) is 5.73 Å². The molecule has 0 fully saturated rings. The normalized spacial score (nSPS) is 14.1. The Kier molecular flexibility index (Phi) is 4.87. The predicted octanol–water partition coefficient (Wildman–Crippen LogP) is 4.67. The molecule has 100 valence electrons. The van der Waals surface area contributed by atoms with E-state index in [4.69, 9.17) is 28.9 Å². The summed E-state index contributed by atoms with van der Waals surface area (Å²) in [5.41, 5.74) is 8.58. The van der Waals surface area contributed by atoms with Crippen LogP contribution in [0.5, 0.6) is 0 Å². The highest BCUT2D eigenvalue weighted by molar-refractivity contribution is 6.30. The first-order valence-electron chi connectivity index (χ1n) is 6.32. The van der Waals surface area contributed by atoms with Gasteiger partial charge in [-0.05, 0) is 48.7 Å². The van der Waals surface area contributed by atoms with Crippen molar-refractivity contribution in [3.8, 4) is 0 Å². The van der Waals surface area contributed by atoms with Crippen molar-refractivity contribution in [1.82, 2.24) is 0 Å². The van der Waals surface area contributed by atoms with E-state index in [1.165, 1.54) is 11.1 Å². The Bertz CT molecular complexity index is 517. The van der Waals surface area contributed by atoms with Gasteiger partial charge in [-0.2, -0.15) is 0 Å². The second-order valence-electron chi connectivity index (χ2n) is 4.85. The first kappa shape index (κ1) is 14.4. The number of hydrogen-bond donors (Lipinski definition) is 1. The number of rotatable bonds is 4. The average Bonchev–Trinajstić information content (AvgIpc) is 2.39. The van der Waals surface area contributed by atoms with Crippen LogP contribution < -0.4 is 5.73 Å². The van der Waals surface area contributed by atoms with Gasteiger partial charge in [0.05, 0.1) is 0 Å². The van der Waals surface area contributed by atoms with E-state index in [9.17, 15) is 0 Å². The highest BCUT2D eigenvalue weighted by Gasteiger charge is 2.16. The Morgan fingerprint density at radius 3 is 1.84 bits per heavy atom. The van der Waals surface area contributed by atoms with Crippen molar-refractivity contribution in [2.45, 2.75) is 25.3 Å². The zero-order chi connectivity index (χ0) is 13.8. The summed E-state index contributed by atoms with van der Waals surface area (Å²) in [6.45, 7) is 2.04. The lowest BCUT2D eigenvalue weighted by molar-refractivity contribution is 0.565. The molecule has 0 unspecified atom stereocenters. The predicted molar refractivity (Wildman–Crippen MR) is 83.0 cm³/mol. The van der Waals surface area contributed by atoms with Crippen molar-refractivity contribution < 1.29 is 0 Å². The Hall–Kier alpha value is -1.02. The van der Waals surface area contributed by atoms with Gasteiger partial charge < -0.3 is 5.73 Å². The minimum Gasteiger partial charge on any atom is -0.327 e. The Balaban J connectivity index is 2.21. The maximum absolute atomic E-state index is 6.13. The molecule has 2 rings (SSSR count). The molecule has 0 spiro atoms. The number of halogens is 2. The molecule has 0 aliphatic heterocycles. The van der Waals surface area contributed by atoms with Gasteiger partial charge in [0.2, 0.25) is 0 Å². The highest BCUT2D eigenvalue weighted by atomic mass is 35.5. The van der Waals surface area contributed by atoms with Crippen LogP contribution in [-0.2, 0) is 6.42 Å². The first-order valence-corrected chi connectivity index (χ1v) is 7.07. The number of benzene rings is 2. The van der Waals surface area contributed by atoms with Crippen molar-refractivity contribution in [3.05, 3.63) is 69.7 Å². The van der Waals surface area contributed by atoms with Gasteiger partial charge >= 0.3 is 0 Å². The Morgan fingerprint density at radius 1 is 0.895 bits per heavy atom. The molecule has 19 heavy (non-hydrogen) atoms. The number of hydrogen-bond acceptors (Lipinski definition) is 1. The van der Waals surface area contributed by atoms with E-state index in [1.54, 1.807) is 0 Å². The lowest BCUT2D eigenvalue weighted by atomic mass is 9.87. The van der Waals surface area contributed by atoms with Crippen molar-refractivity contribution >= 4 is 23.2 Å². The monoisotopic (exact) mass is 293 g/mol. The maximum atomic E-state index is 6.13. The summed E-state index contributed by atoms with van der Waals surface area (Å²) in [5.74, 6) is 0.276. The van der Waals surface area contributed by atoms with Crippen molar-refractivity contribution in [1.29, 1.82) is 0 Å². The second kappa shape index (κ2) is 6.42. The van der Waals surface area contributed by atoms with E-state index in [0.29, 0.717) is 0 Å². The highest BCUT2D eigenvalue weighted by Crippen LogP contribution is 2.25. The maximum Gasteiger partial charge on any atom is 0.0406 e. The van der Waals surface area contributed by atoms with Gasteiger partial charge in [0.25, 0.3) is 0 Å². The first-order chi connectivity index (χ1) is 9.06. The van der Waals surface area contributed by atoms with Gasteiger partial charge in [-0.25, -0.2) is 0 Å². The SMILES string of the molecule is C[C@@H](N)[C@@H](Cc1ccc(Cl)cc1)c1ccc(Cl)cc1. The van der Waals surface area contributed by atoms with E-state index in [0.717, 1.165) is 16.5 Å². The molecule has 2 aromatic rings. The summed E-state index contributed by atoms with van der Waals surface area (Å²) in [4.78, 5) is 0. The van der Waals surface area contributed by atoms with Gasteiger partial charge in [0.15, 0.2) is 0 Å². The van der Waals surface area contributed by atoms with Gasteiger partial charge in [0, 0.05) is 22.0 Å². The van der Waals surface area contributed by atoms with Gasteiger partial charge in [0.1, 0.15) is 0 Å². The summed E-state index contributed by atoms with van der Waals surface area (Å²) in [6, 6.07) is 15.9. The Labute approximate surface area is 124 Å². The topological polar surface area (TPSA) is 26.0 Å².